The van der Waals surface area contributed by atoms with Gasteiger partial charge in [0.15, 0.2) is 0 Å². The van der Waals surface area contributed by atoms with Crippen molar-refractivity contribution in [1.29, 1.82) is 0 Å². The number of imidazole rings is 1. The number of carboxylic acids is 1. The van der Waals surface area contributed by atoms with Gasteiger partial charge in [-0.15, -0.1) is 9.24 Å². The Morgan fingerprint density at radius 3 is 2.31 bits per heavy atom. The third-order valence-electron chi connectivity index (χ3n) is 10.6. The van der Waals surface area contributed by atoms with E-state index in [1.54, 1.807) is 13.0 Å². The number of sulfonamides is 1. The number of carboxylic acid groups (broad SMARTS) is 1. The van der Waals surface area contributed by atoms with E-state index in [1.165, 1.54) is 48.3 Å². The minimum atomic E-state index is -4.86. The maximum absolute atomic E-state index is 14.9. The van der Waals surface area contributed by atoms with E-state index in [0.717, 1.165) is 15.9 Å². The summed E-state index contributed by atoms with van der Waals surface area (Å²) in [5.41, 5.74) is -0.133. The number of carbonyl (C=O) groups is 2. The summed E-state index contributed by atoms with van der Waals surface area (Å²) in [6, 6.07) is 12.0. The highest BCUT2D eigenvalue weighted by atomic mass is 127. The summed E-state index contributed by atoms with van der Waals surface area (Å²) in [6.45, 7) is 1.07. The van der Waals surface area contributed by atoms with Gasteiger partial charge in [0.05, 0.1) is 48.9 Å². The topological polar surface area (TPSA) is 125 Å². The van der Waals surface area contributed by atoms with Crippen LogP contribution >= 0.6 is 31.8 Å². The zero-order valence-electron chi connectivity index (χ0n) is 29.0. The first kappa shape index (κ1) is 40.2. The van der Waals surface area contributed by atoms with E-state index in [4.69, 9.17) is 0 Å². The van der Waals surface area contributed by atoms with Crippen LogP contribution in [-0.2, 0) is 32.8 Å². The zero-order chi connectivity index (χ0) is 39.8. The molecule has 4 aromatic rings. The zero-order valence-corrected chi connectivity index (χ0v) is 33.1. The average molecular weight is 910 g/mol. The Balaban J connectivity index is 1.36. The van der Waals surface area contributed by atoms with Crippen molar-refractivity contribution >= 4 is 76.1 Å². The van der Waals surface area contributed by atoms with E-state index >= 15 is 0 Å². The molecule has 2 N–H and O–H groups in total. The number of hydrogen-bond acceptors (Lipinski definition) is 6. The number of aromatic nitrogens is 2. The number of nitrogens with one attached hydrogen (secondary N) is 1. The van der Waals surface area contributed by atoms with Gasteiger partial charge in [0.2, 0.25) is 5.91 Å². The summed E-state index contributed by atoms with van der Waals surface area (Å²) in [5, 5.41) is 11.0. The highest BCUT2D eigenvalue weighted by Crippen LogP contribution is 2.58. The SMILES string of the molecule is Cc1nc2cc(S(=O)(=O)N(C)c3ccc([C@H]4C[C@@](I)(N5CCC(F)(F)C5)C[C@@H](C(=O)Nc5ccc(C(F)(F)F)cc5F)[C@@]4(P)C(=O)O)cc3)ccc2n1C. The number of fused-ring (bicyclic) bond motifs is 1. The Kier molecular flexibility index (Phi) is 10.4. The van der Waals surface area contributed by atoms with Crippen LogP contribution in [0.5, 0.6) is 0 Å². The van der Waals surface area contributed by atoms with Crippen molar-refractivity contribution in [2.24, 2.45) is 13.0 Å². The highest BCUT2D eigenvalue weighted by molar-refractivity contribution is 14.1. The number of aliphatic carboxylic acids is 1. The smallest absolute Gasteiger partial charge is 0.416 e. The van der Waals surface area contributed by atoms with Crippen molar-refractivity contribution in [2.45, 2.75) is 57.8 Å². The average Bonchev–Trinajstić information content (AvgIpc) is 3.62. The van der Waals surface area contributed by atoms with Crippen LogP contribution in [0.1, 0.15) is 42.1 Å². The van der Waals surface area contributed by atoms with Gasteiger partial charge in [0, 0.05) is 33.0 Å². The van der Waals surface area contributed by atoms with Crippen molar-refractivity contribution < 1.29 is 49.5 Å². The molecule has 54 heavy (non-hydrogen) atoms. The molecule has 1 saturated carbocycles. The van der Waals surface area contributed by atoms with E-state index in [1.807, 2.05) is 34.2 Å². The lowest BCUT2D eigenvalue weighted by Gasteiger charge is -2.52. The van der Waals surface area contributed by atoms with Gasteiger partial charge < -0.3 is 15.0 Å². The fourth-order valence-corrected chi connectivity index (χ4v) is 10.4. The van der Waals surface area contributed by atoms with E-state index < -0.39 is 84.6 Å². The second-order valence-electron chi connectivity index (χ2n) is 13.8. The monoisotopic (exact) mass is 909 g/mol. The molecule has 1 aliphatic heterocycles. The fourth-order valence-electron chi connectivity index (χ4n) is 7.31. The van der Waals surface area contributed by atoms with Crippen LogP contribution in [0.3, 0.4) is 0 Å². The number of nitrogens with zero attached hydrogens (tertiary/aromatic N) is 4. The lowest BCUT2D eigenvalue weighted by Crippen LogP contribution is -2.60. The van der Waals surface area contributed by atoms with Crippen molar-refractivity contribution in [3.8, 4) is 0 Å². The molecule has 2 aliphatic rings. The Hall–Kier alpha value is -3.48. The van der Waals surface area contributed by atoms with Crippen molar-refractivity contribution in [1.82, 2.24) is 14.5 Å². The van der Waals surface area contributed by atoms with Gasteiger partial charge in [-0.3, -0.25) is 18.8 Å². The molecule has 0 spiro atoms. The number of hydrogen-bond donors (Lipinski definition) is 2. The first-order chi connectivity index (χ1) is 25.0. The summed E-state index contributed by atoms with van der Waals surface area (Å²) >= 11 is 1.95. The molecular formula is C35H35F6IN5O5PS. The number of anilines is 2. The van der Waals surface area contributed by atoms with Crippen LogP contribution in [0.25, 0.3) is 11.0 Å². The minimum absolute atomic E-state index is 0.0164. The molecule has 6 rings (SSSR count). The fraction of sp³-hybridized carbons (Fsp3) is 0.400. The largest absolute Gasteiger partial charge is 0.481 e. The molecule has 1 saturated heterocycles. The summed E-state index contributed by atoms with van der Waals surface area (Å²) in [4.78, 5) is 33.1. The molecule has 5 atom stereocenters. The highest BCUT2D eigenvalue weighted by Gasteiger charge is 2.62. The van der Waals surface area contributed by atoms with Gasteiger partial charge in [-0.2, -0.15) is 13.2 Å². The first-order valence-electron chi connectivity index (χ1n) is 16.5. The summed E-state index contributed by atoms with van der Waals surface area (Å²) in [6.07, 6.45) is -5.64. The molecule has 1 unspecified atom stereocenters. The van der Waals surface area contributed by atoms with Gasteiger partial charge in [0.1, 0.15) is 16.8 Å². The Bertz CT molecular complexity index is 2260. The predicted octanol–water partition coefficient (Wildman–Crippen LogP) is 7.17. The second-order valence-corrected chi connectivity index (χ2v) is 18.7. The van der Waals surface area contributed by atoms with E-state index in [-0.39, 0.29) is 36.0 Å². The second kappa shape index (κ2) is 13.9. The number of rotatable bonds is 8. The molecule has 1 amide bonds. The van der Waals surface area contributed by atoms with Gasteiger partial charge >= 0.3 is 12.1 Å². The number of amides is 1. The van der Waals surface area contributed by atoms with Crippen LogP contribution in [0, 0.1) is 18.7 Å². The van der Waals surface area contributed by atoms with Crippen molar-refractivity contribution in [3.63, 3.8) is 0 Å². The third-order valence-corrected chi connectivity index (χ3v) is 15.0. The number of carbonyl (C=O) groups excluding carboxylic acids is 1. The Labute approximate surface area is 322 Å². The van der Waals surface area contributed by atoms with E-state index in [0.29, 0.717) is 23.0 Å². The minimum Gasteiger partial charge on any atom is -0.481 e. The number of likely N-dealkylation sites (tertiary alicyclic amines) is 1. The molecule has 290 valence electrons. The Morgan fingerprint density at radius 2 is 1.74 bits per heavy atom. The molecule has 1 aromatic heterocycles. The van der Waals surface area contributed by atoms with E-state index in [9.17, 15) is 49.5 Å². The predicted molar refractivity (Wildman–Crippen MR) is 201 cm³/mol. The lowest BCUT2D eigenvalue weighted by atomic mass is 9.65. The maximum Gasteiger partial charge on any atom is 0.416 e. The lowest BCUT2D eigenvalue weighted by molar-refractivity contribution is -0.147. The third kappa shape index (κ3) is 7.18. The van der Waals surface area contributed by atoms with Gasteiger partial charge in [-0.1, -0.05) is 34.7 Å². The molecule has 2 fully saturated rings. The van der Waals surface area contributed by atoms with Crippen molar-refractivity contribution in [2.75, 3.05) is 29.8 Å². The van der Waals surface area contributed by atoms with Crippen molar-refractivity contribution in [3.05, 3.63) is 83.4 Å². The molecule has 3 aromatic carbocycles. The number of aryl methyl sites for hydroxylation is 2. The van der Waals surface area contributed by atoms with Crippen LogP contribution in [0.15, 0.2) is 65.6 Å². The van der Waals surface area contributed by atoms with Crippen LogP contribution in [0.2, 0.25) is 0 Å². The molecule has 2 heterocycles. The maximum atomic E-state index is 14.9. The molecule has 19 heteroatoms. The van der Waals surface area contributed by atoms with Crippen LogP contribution < -0.4 is 9.62 Å². The molecule has 0 bridgehead atoms. The number of halogens is 7. The Morgan fingerprint density at radius 1 is 1.07 bits per heavy atom. The van der Waals surface area contributed by atoms with Gasteiger partial charge in [0.25, 0.3) is 15.9 Å². The summed E-state index contributed by atoms with van der Waals surface area (Å²) in [5.74, 6) is -8.85. The summed E-state index contributed by atoms with van der Waals surface area (Å²) < 4.78 is 113. The van der Waals surface area contributed by atoms with Crippen LogP contribution in [-0.4, -0.2) is 74.6 Å². The van der Waals surface area contributed by atoms with Crippen LogP contribution in [0.4, 0.5) is 37.7 Å². The summed E-state index contributed by atoms with van der Waals surface area (Å²) in [7, 11) is 1.27. The molecular weight excluding hydrogens is 874 g/mol. The van der Waals surface area contributed by atoms with Gasteiger partial charge in [-0.05, 0) is 73.9 Å². The number of alkyl halides is 6. The quantitative estimate of drug-likeness (QED) is 0.0632. The van der Waals surface area contributed by atoms with Gasteiger partial charge in [-0.25, -0.2) is 26.6 Å². The molecule has 1 aliphatic carbocycles. The van der Waals surface area contributed by atoms with E-state index in [2.05, 4.69) is 19.5 Å². The number of benzene rings is 3. The molecule has 10 nitrogen and oxygen atoms in total. The molecule has 0 radical (unpaired) electrons. The normalized spacial score (nSPS) is 24.8. The first-order valence-corrected chi connectivity index (χ1v) is 19.6. The standard InChI is InChI=1S/C35H35F6IN5O5PS/c1-19-43-28-15-23(9-11-29(28)45(19)2)54(51,52)46(3)22-7-4-20(5-8-22)24-16-33(42,47-13-12-32(37,38)18-47)17-25(34(24,53)31(49)50)30(48)44-27-10-6-21(14-26(27)36)35(39,40)41/h4-11,14-15,24-25H,12-13,16-18,53H2,1-3H3,(H,44,48)(H,49,50)/t24-,25+,33-,34-/m1/s1.